The molecular formula is C34H43NO9. The predicted octanol–water partition coefficient (Wildman–Crippen LogP) is 3.44. The van der Waals surface area contributed by atoms with E-state index >= 15 is 0 Å². The van der Waals surface area contributed by atoms with E-state index in [-0.39, 0.29) is 17.1 Å². The number of amides is 1. The number of esters is 1. The lowest BCUT2D eigenvalue weighted by atomic mass is 9.46. The molecule has 3 fully saturated rings. The first-order valence-corrected chi connectivity index (χ1v) is 15.7. The topological polar surface area (TPSA) is 167 Å². The Hall–Kier alpha value is -3.37. The van der Waals surface area contributed by atoms with Gasteiger partial charge in [-0.1, -0.05) is 49.8 Å². The van der Waals surface area contributed by atoms with Crippen LogP contribution in [0.3, 0.4) is 0 Å². The molecule has 0 spiro atoms. The molecule has 10 nitrogen and oxygen atoms in total. The summed E-state index contributed by atoms with van der Waals surface area (Å²) in [4.78, 5) is 62.1. The van der Waals surface area contributed by atoms with Gasteiger partial charge in [0.1, 0.15) is 11.7 Å². The quantitative estimate of drug-likeness (QED) is 0.291. The summed E-state index contributed by atoms with van der Waals surface area (Å²) >= 11 is 0. The molecule has 0 bridgehead atoms. The predicted molar refractivity (Wildman–Crippen MR) is 158 cm³/mol. The highest BCUT2D eigenvalue weighted by Gasteiger charge is 2.66. The highest BCUT2D eigenvalue weighted by atomic mass is 16.5. The summed E-state index contributed by atoms with van der Waals surface area (Å²) in [6.07, 6.45) is 5.34. The average Bonchev–Trinajstić information content (AvgIpc) is 3.29. The monoisotopic (exact) mass is 609 g/mol. The number of Topliss-reactive ketones (excluding diaryl/α,β-unsaturated/α-hetero) is 1. The van der Waals surface area contributed by atoms with Crippen LogP contribution in [-0.2, 0) is 28.7 Å². The number of aliphatic carboxylic acids is 1. The Bertz CT molecular complexity index is 1360. The van der Waals surface area contributed by atoms with Gasteiger partial charge in [0.2, 0.25) is 11.7 Å². The summed E-state index contributed by atoms with van der Waals surface area (Å²) in [6, 6.07) is 6.44. The second kappa shape index (κ2) is 12.2. The molecule has 3 saturated carbocycles. The van der Waals surface area contributed by atoms with Crippen molar-refractivity contribution in [1.82, 2.24) is 5.32 Å². The van der Waals surface area contributed by atoms with Crippen LogP contribution in [0.4, 0.5) is 0 Å². The van der Waals surface area contributed by atoms with Gasteiger partial charge in [0.15, 0.2) is 18.4 Å². The molecule has 4 N–H and O–H groups in total. The number of carbonyl (C=O) groups is 5. The molecule has 0 saturated heterocycles. The van der Waals surface area contributed by atoms with Gasteiger partial charge in [-0.25, -0.2) is 4.79 Å². The molecule has 0 aromatic heterocycles. The molecule has 5 rings (SSSR count). The minimum absolute atomic E-state index is 0.0190. The van der Waals surface area contributed by atoms with Crippen molar-refractivity contribution in [2.75, 3.05) is 6.61 Å². The molecule has 0 aliphatic heterocycles. The SMILES string of the molecule is C[C@]12CCC(=O)C=C1CC[C@H]1[C@H]2CC[C@@]2(C)[C@H]1CC[C@]2(O)C(=O)COC(=O)CCC(=O)N[C@@H](C(=O)O)[C@H](O)c1ccccc1. The fraction of sp³-hybridized carbons (Fsp3) is 0.618. The minimum Gasteiger partial charge on any atom is -0.480 e. The highest BCUT2D eigenvalue weighted by molar-refractivity contribution is 5.92. The zero-order chi connectivity index (χ0) is 31.9. The van der Waals surface area contributed by atoms with E-state index in [1.165, 1.54) is 17.7 Å². The second-order valence-electron chi connectivity index (χ2n) is 13.6. The number of hydrogen-bond donors (Lipinski definition) is 4. The van der Waals surface area contributed by atoms with Crippen LogP contribution in [0, 0.1) is 28.6 Å². The molecule has 4 aliphatic carbocycles. The Balaban J connectivity index is 1.14. The fourth-order valence-electron chi connectivity index (χ4n) is 8.95. The van der Waals surface area contributed by atoms with Gasteiger partial charge in [-0.3, -0.25) is 19.2 Å². The number of carboxylic acid groups (broad SMARTS) is 1. The number of aliphatic hydroxyl groups excluding tert-OH is 1. The molecule has 0 radical (unpaired) electrons. The van der Waals surface area contributed by atoms with Gasteiger partial charge in [-0.15, -0.1) is 0 Å². The smallest absolute Gasteiger partial charge is 0.329 e. The zero-order valence-corrected chi connectivity index (χ0v) is 25.4. The lowest BCUT2D eigenvalue weighted by Crippen LogP contribution is -2.58. The van der Waals surface area contributed by atoms with E-state index < -0.39 is 66.2 Å². The van der Waals surface area contributed by atoms with E-state index in [2.05, 4.69) is 12.2 Å². The number of benzene rings is 1. The molecule has 1 aromatic carbocycles. The van der Waals surface area contributed by atoms with E-state index in [0.29, 0.717) is 43.1 Å². The minimum atomic E-state index is -1.62. The van der Waals surface area contributed by atoms with Crippen LogP contribution in [0.2, 0.25) is 0 Å². The van der Waals surface area contributed by atoms with Crippen molar-refractivity contribution in [2.24, 2.45) is 28.6 Å². The zero-order valence-electron chi connectivity index (χ0n) is 25.4. The van der Waals surface area contributed by atoms with Crippen LogP contribution in [-0.4, -0.2) is 63.0 Å². The number of ether oxygens (including phenoxy) is 1. The summed E-state index contributed by atoms with van der Waals surface area (Å²) in [5.41, 5.74) is -0.714. The summed E-state index contributed by atoms with van der Waals surface area (Å²) in [5, 5.41) is 34.0. The van der Waals surface area contributed by atoms with Gasteiger partial charge in [-0.05, 0) is 79.8 Å². The Morgan fingerprint density at radius 2 is 1.68 bits per heavy atom. The standard InChI is InChI=1S/C34H43NO9/c1-32-15-12-22(36)18-21(32)8-9-23-24(32)13-16-33(2)25(23)14-17-34(33,43)26(37)19-44-28(39)11-10-27(38)35-29(31(41)42)30(40)20-6-4-3-5-7-20/h3-7,18,23-25,29-30,40,43H,8-17,19H2,1-2H3,(H,35,38)(H,41,42)/t23-,24+,25-,29+,30+,32-,33-,34-/m0/s1. The Labute approximate surface area is 257 Å². The van der Waals surface area contributed by atoms with Gasteiger partial charge in [0.05, 0.1) is 6.42 Å². The summed E-state index contributed by atoms with van der Waals surface area (Å²) in [5.74, 6) is -2.44. The third-order valence-electron chi connectivity index (χ3n) is 11.5. The Kier molecular flexibility index (Phi) is 8.88. The maximum absolute atomic E-state index is 13.4. The third kappa shape index (κ3) is 5.62. The molecule has 0 unspecified atom stereocenters. The van der Waals surface area contributed by atoms with Crippen molar-refractivity contribution in [3.05, 3.63) is 47.5 Å². The van der Waals surface area contributed by atoms with Crippen LogP contribution < -0.4 is 5.32 Å². The molecule has 238 valence electrons. The first-order valence-electron chi connectivity index (χ1n) is 15.7. The van der Waals surface area contributed by atoms with Crippen molar-refractivity contribution in [1.29, 1.82) is 0 Å². The van der Waals surface area contributed by atoms with Crippen molar-refractivity contribution in [3.8, 4) is 0 Å². The van der Waals surface area contributed by atoms with Gasteiger partial charge < -0.3 is 25.4 Å². The van der Waals surface area contributed by atoms with E-state index in [1.54, 1.807) is 18.2 Å². The molecule has 10 heteroatoms. The number of allylic oxidation sites excluding steroid dienone is 1. The van der Waals surface area contributed by atoms with Gasteiger partial charge in [0, 0.05) is 18.3 Å². The summed E-state index contributed by atoms with van der Waals surface area (Å²) < 4.78 is 5.20. The number of rotatable bonds is 10. The van der Waals surface area contributed by atoms with Crippen molar-refractivity contribution >= 4 is 29.4 Å². The molecule has 8 atom stereocenters. The van der Waals surface area contributed by atoms with Crippen LogP contribution in [0.25, 0.3) is 0 Å². The molecular weight excluding hydrogens is 566 g/mol. The third-order valence-corrected chi connectivity index (χ3v) is 11.5. The average molecular weight is 610 g/mol. The van der Waals surface area contributed by atoms with E-state index in [1.807, 2.05) is 13.0 Å². The largest absolute Gasteiger partial charge is 0.480 e. The van der Waals surface area contributed by atoms with Gasteiger partial charge >= 0.3 is 11.9 Å². The molecule has 4 aliphatic rings. The maximum Gasteiger partial charge on any atom is 0.329 e. The molecule has 1 amide bonds. The van der Waals surface area contributed by atoms with Crippen LogP contribution >= 0.6 is 0 Å². The number of nitrogens with one attached hydrogen (secondary N) is 1. The van der Waals surface area contributed by atoms with E-state index in [0.717, 1.165) is 25.7 Å². The first kappa shape index (κ1) is 32.0. The maximum atomic E-state index is 13.4. The van der Waals surface area contributed by atoms with Crippen molar-refractivity contribution in [3.63, 3.8) is 0 Å². The number of carbonyl (C=O) groups excluding carboxylic acids is 4. The highest BCUT2D eigenvalue weighted by Crippen LogP contribution is 2.67. The lowest BCUT2D eigenvalue weighted by Gasteiger charge is -2.58. The molecule has 0 heterocycles. The summed E-state index contributed by atoms with van der Waals surface area (Å²) in [6.45, 7) is 3.67. The number of carboxylic acids is 1. The van der Waals surface area contributed by atoms with Crippen LogP contribution in [0.1, 0.15) is 89.7 Å². The molecule has 1 aromatic rings. The fourth-order valence-corrected chi connectivity index (χ4v) is 8.95. The number of ketones is 2. The van der Waals surface area contributed by atoms with Crippen molar-refractivity contribution < 1.29 is 44.0 Å². The van der Waals surface area contributed by atoms with E-state index in [4.69, 9.17) is 4.74 Å². The lowest BCUT2D eigenvalue weighted by molar-refractivity contribution is -0.170. The number of aliphatic hydroxyl groups is 2. The Morgan fingerprint density at radius 1 is 0.977 bits per heavy atom. The number of fused-ring (bicyclic) bond motifs is 5. The Morgan fingerprint density at radius 3 is 2.39 bits per heavy atom. The first-order chi connectivity index (χ1) is 20.8. The van der Waals surface area contributed by atoms with Gasteiger partial charge in [0.25, 0.3) is 0 Å². The van der Waals surface area contributed by atoms with Crippen LogP contribution in [0.15, 0.2) is 42.0 Å². The van der Waals surface area contributed by atoms with E-state index in [9.17, 15) is 39.3 Å². The normalized spacial score (nSPS) is 34.0. The van der Waals surface area contributed by atoms with Crippen LogP contribution in [0.5, 0.6) is 0 Å². The van der Waals surface area contributed by atoms with Gasteiger partial charge in [-0.2, -0.15) is 0 Å². The number of hydrogen-bond acceptors (Lipinski definition) is 8. The van der Waals surface area contributed by atoms with Crippen molar-refractivity contribution in [2.45, 2.75) is 95.8 Å². The second-order valence-corrected chi connectivity index (χ2v) is 13.6. The molecule has 44 heavy (non-hydrogen) atoms. The summed E-state index contributed by atoms with van der Waals surface area (Å²) in [7, 11) is 0.